The van der Waals surface area contributed by atoms with Crippen LogP contribution in [0.1, 0.15) is 114 Å². The average Bonchev–Trinajstić information content (AvgIpc) is 3.05. The maximum atomic E-state index is 13.9. The predicted octanol–water partition coefficient (Wildman–Crippen LogP) is 2.91. The zero-order valence-electron chi connectivity index (χ0n) is 27.3. The van der Waals surface area contributed by atoms with Gasteiger partial charge in [0, 0.05) is 48.4 Å². The second-order valence-electron chi connectivity index (χ2n) is 12.8. The van der Waals surface area contributed by atoms with Gasteiger partial charge in [0.25, 0.3) is 0 Å². The number of aliphatic hydroxyl groups excluding tert-OH is 1. The lowest BCUT2D eigenvalue weighted by molar-refractivity contribution is -0.247. The molecule has 5 rings (SSSR count). The van der Waals surface area contributed by atoms with Gasteiger partial charge in [-0.3, -0.25) is 19.2 Å². The molecule has 13 heteroatoms. The lowest BCUT2D eigenvalue weighted by atomic mass is 9.72. The van der Waals surface area contributed by atoms with Gasteiger partial charge in [0.2, 0.25) is 11.6 Å². The van der Waals surface area contributed by atoms with E-state index in [-0.39, 0.29) is 40.8 Å². The number of aliphatic hydroxyl groups is 2. The summed E-state index contributed by atoms with van der Waals surface area (Å²) < 4.78 is 22.5. The largest absolute Gasteiger partial charge is 0.507 e. The number of hydrogen-bond donors (Lipinski definition) is 5. The molecule has 2 aromatic rings. The monoisotopic (exact) mass is 669 g/mol. The Kier molecular flexibility index (Phi) is 10.6. The van der Waals surface area contributed by atoms with E-state index in [0.29, 0.717) is 6.42 Å². The SMILES string of the molecule is CCCCCCCC(=O)OCC(=O)[C@]1(O)Cc2c(O)c3c(c(O)c2[C@@H](O[C@@H]2C[C@H](N)[C@H](O)[C@H](C)O2)C1)C(=O)c1c(OC)cccc1C3=O. The Morgan fingerprint density at radius 1 is 1.04 bits per heavy atom. The van der Waals surface area contributed by atoms with Gasteiger partial charge < -0.3 is 45.1 Å². The highest BCUT2D eigenvalue weighted by molar-refractivity contribution is 6.31. The number of ether oxygens (including phenoxy) is 4. The van der Waals surface area contributed by atoms with Crippen molar-refractivity contribution < 1.29 is 58.6 Å². The molecule has 6 atom stereocenters. The maximum Gasteiger partial charge on any atom is 0.306 e. The summed E-state index contributed by atoms with van der Waals surface area (Å²) in [5, 5.41) is 45.4. The molecule has 1 saturated heterocycles. The Morgan fingerprint density at radius 2 is 1.75 bits per heavy atom. The molecule has 3 aliphatic rings. The molecule has 13 nitrogen and oxygen atoms in total. The Balaban J connectivity index is 1.51. The Labute approximate surface area is 277 Å². The van der Waals surface area contributed by atoms with Crippen LogP contribution in [-0.4, -0.2) is 87.6 Å². The summed E-state index contributed by atoms with van der Waals surface area (Å²) in [4.78, 5) is 53.5. The van der Waals surface area contributed by atoms with Gasteiger partial charge >= 0.3 is 5.97 Å². The van der Waals surface area contributed by atoms with Crippen LogP contribution < -0.4 is 10.5 Å². The maximum absolute atomic E-state index is 13.9. The number of aromatic hydroxyl groups is 2. The lowest BCUT2D eigenvalue weighted by Gasteiger charge is -2.42. The van der Waals surface area contributed by atoms with E-state index in [1.54, 1.807) is 6.92 Å². The van der Waals surface area contributed by atoms with Gasteiger partial charge in [-0.05, 0) is 19.4 Å². The van der Waals surface area contributed by atoms with Gasteiger partial charge in [-0.1, -0.05) is 44.7 Å². The molecule has 0 radical (unpaired) electrons. The van der Waals surface area contributed by atoms with Crippen molar-refractivity contribution in [1.82, 2.24) is 0 Å². The first-order valence-electron chi connectivity index (χ1n) is 16.4. The number of fused-ring (bicyclic) bond motifs is 3. The molecule has 2 aliphatic carbocycles. The summed E-state index contributed by atoms with van der Waals surface area (Å²) in [5.74, 6) is -4.33. The van der Waals surface area contributed by atoms with Crippen LogP contribution >= 0.6 is 0 Å². The number of unbranched alkanes of at least 4 members (excludes halogenated alkanes) is 4. The molecule has 1 heterocycles. The second kappa shape index (κ2) is 14.3. The molecule has 1 fully saturated rings. The number of ketones is 3. The van der Waals surface area contributed by atoms with Gasteiger partial charge in [-0.25, -0.2) is 0 Å². The number of rotatable bonds is 12. The Morgan fingerprint density at radius 3 is 2.44 bits per heavy atom. The van der Waals surface area contributed by atoms with E-state index in [1.807, 2.05) is 0 Å². The zero-order valence-corrected chi connectivity index (χ0v) is 27.3. The fraction of sp³-hybridized carbons (Fsp3) is 0.543. The van der Waals surface area contributed by atoms with Crippen molar-refractivity contribution in [2.75, 3.05) is 13.7 Å². The number of phenols is 2. The highest BCUT2D eigenvalue weighted by Gasteiger charge is 2.50. The minimum absolute atomic E-state index is 0.000735. The molecular weight excluding hydrogens is 626 g/mol. The van der Waals surface area contributed by atoms with Gasteiger partial charge in [0.15, 0.2) is 18.7 Å². The second-order valence-corrected chi connectivity index (χ2v) is 12.8. The average molecular weight is 670 g/mol. The molecular formula is C35H43NO12. The van der Waals surface area contributed by atoms with Gasteiger partial charge in [0.05, 0.1) is 42.1 Å². The third kappa shape index (κ3) is 6.57. The van der Waals surface area contributed by atoms with Gasteiger partial charge in [-0.15, -0.1) is 0 Å². The van der Waals surface area contributed by atoms with Gasteiger partial charge in [0.1, 0.15) is 22.8 Å². The minimum atomic E-state index is -2.29. The number of nitrogens with two attached hydrogens (primary N) is 1. The van der Waals surface area contributed by atoms with Crippen molar-refractivity contribution in [2.45, 2.75) is 108 Å². The van der Waals surface area contributed by atoms with E-state index < -0.39 is 102 Å². The normalized spacial score (nSPS) is 26.3. The molecule has 260 valence electrons. The van der Waals surface area contributed by atoms with Crippen molar-refractivity contribution in [2.24, 2.45) is 5.73 Å². The van der Waals surface area contributed by atoms with E-state index in [9.17, 15) is 39.6 Å². The Hall–Kier alpha value is -3.88. The fourth-order valence-corrected chi connectivity index (χ4v) is 6.83. The van der Waals surface area contributed by atoms with Crippen LogP contribution in [0.25, 0.3) is 0 Å². The lowest BCUT2D eigenvalue weighted by Crippen LogP contribution is -2.53. The number of phenolic OH excluding ortho intramolecular Hbond substituents is 2. The number of benzene rings is 2. The number of carbonyl (C=O) groups is 4. The van der Waals surface area contributed by atoms with Crippen LogP contribution in [0.4, 0.5) is 0 Å². The molecule has 0 bridgehead atoms. The highest BCUT2D eigenvalue weighted by Crippen LogP contribution is 2.52. The number of esters is 1. The van der Waals surface area contributed by atoms with Crippen molar-refractivity contribution in [3.05, 3.63) is 51.6 Å². The smallest absolute Gasteiger partial charge is 0.306 e. The zero-order chi connectivity index (χ0) is 34.9. The minimum Gasteiger partial charge on any atom is -0.507 e. The summed E-state index contributed by atoms with van der Waals surface area (Å²) in [5.41, 5.74) is 2.37. The van der Waals surface area contributed by atoms with Crippen LogP contribution in [0.3, 0.4) is 0 Å². The molecule has 48 heavy (non-hydrogen) atoms. The molecule has 6 N–H and O–H groups in total. The van der Waals surface area contributed by atoms with Crippen molar-refractivity contribution in [1.29, 1.82) is 0 Å². The highest BCUT2D eigenvalue weighted by atomic mass is 16.7. The van der Waals surface area contributed by atoms with Crippen LogP contribution in [0, 0.1) is 0 Å². The molecule has 0 unspecified atom stereocenters. The summed E-state index contributed by atoms with van der Waals surface area (Å²) >= 11 is 0. The van der Waals surface area contributed by atoms with E-state index in [0.717, 1.165) is 25.7 Å². The number of hydrogen-bond acceptors (Lipinski definition) is 13. The molecule has 1 aliphatic heterocycles. The third-order valence-electron chi connectivity index (χ3n) is 9.51. The number of carbonyl (C=O) groups excluding carboxylic acids is 4. The van der Waals surface area contributed by atoms with E-state index >= 15 is 0 Å². The summed E-state index contributed by atoms with van der Waals surface area (Å²) in [6.07, 6.45) is -0.679. The molecule has 0 amide bonds. The molecule has 2 aromatic carbocycles. The standard InChI is InChI=1S/C35H43NO12/c1-4-5-6-7-8-12-24(38)46-16-23(37)35(44)14-19-27(22(15-35)48-25-13-20(36)30(39)17(2)47-25)34(43)29-28(32(19)41)31(40)18-10-9-11-21(45-3)26(18)33(29)42/h9-11,17,20,22,25,30,39,41,43-44H,4-8,12-16,36H2,1-3H3/t17-,20-,22-,25+,30+,35-/m0/s1. The molecule has 0 aromatic heterocycles. The van der Waals surface area contributed by atoms with Crippen LogP contribution in [-0.2, 0) is 30.2 Å². The van der Waals surface area contributed by atoms with E-state index in [1.165, 1.54) is 25.3 Å². The van der Waals surface area contributed by atoms with Crippen molar-refractivity contribution in [3.8, 4) is 17.2 Å². The quantitative estimate of drug-likeness (QED) is 0.107. The van der Waals surface area contributed by atoms with Gasteiger partial charge in [-0.2, -0.15) is 0 Å². The first kappa shape index (κ1) is 35.4. The number of Topliss-reactive ketones (excluding diaryl/α,β-unsaturated/α-hetero) is 1. The fourth-order valence-electron chi connectivity index (χ4n) is 6.83. The molecule has 0 spiro atoms. The van der Waals surface area contributed by atoms with Crippen LogP contribution in [0.5, 0.6) is 17.2 Å². The Bertz CT molecular complexity index is 1590. The van der Waals surface area contributed by atoms with E-state index in [4.69, 9.17) is 24.7 Å². The van der Waals surface area contributed by atoms with Crippen molar-refractivity contribution >= 4 is 23.3 Å². The summed E-state index contributed by atoms with van der Waals surface area (Å²) in [6.45, 7) is 2.90. The van der Waals surface area contributed by atoms with E-state index in [2.05, 4.69) is 6.92 Å². The first-order valence-corrected chi connectivity index (χ1v) is 16.4. The third-order valence-corrected chi connectivity index (χ3v) is 9.51. The number of methoxy groups -OCH3 is 1. The first-order chi connectivity index (χ1) is 22.8. The predicted molar refractivity (Wildman–Crippen MR) is 169 cm³/mol. The summed E-state index contributed by atoms with van der Waals surface area (Å²) in [6, 6.07) is 3.63. The summed E-state index contributed by atoms with van der Waals surface area (Å²) in [7, 11) is 1.33. The topological polar surface area (TPSA) is 212 Å². The van der Waals surface area contributed by atoms with Crippen LogP contribution in [0.15, 0.2) is 18.2 Å². The van der Waals surface area contributed by atoms with Crippen molar-refractivity contribution in [3.63, 3.8) is 0 Å². The van der Waals surface area contributed by atoms with Crippen LogP contribution in [0.2, 0.25) is 0 Å². The molecule has 0 saturated carbocycles.